The second-order valence-corrected chi connectivity index (χ2v) is 6.00. The molecule has 1 fully saturated rings. The number of unbranched alkanes of at least 4 members (excludes halogenated alkanes) is 5. The van der Waals surface area contributed by atoms with Crippen molar-refractivity contribution < 1.29 is 4.74 Å². The van der Waals surface area contributed by atoms with E-state index in [9.17, 15) is 0 Å². The van der Waals surface area contributed by atoms with Crippen LogP contribution in [0.25, 0.3) is 0 Å². The predicted molar refractivity (Wildman–Crippen MR) is 78.9 cm³/mol. The summed E-state index contributed by atoms with van der Waals surface area (Å²) < 4.78 is 5.87. The van der Waals surface area contributed by atoms with Crippen molar-refractivity contribution in [2.75, 3.05) is 19.0 Å². The first-order valence-corrected chi connectivity index (χ1v) is 8.15. The zero-order chi connectivity index (χ0) is 12.4. The molecule has 0 aromatic rings. The molecule has 0 amide bonds. The molecule has 0 aromatic carbocycles. The van der Waals surface area contributed by atoms with Crippen molar-refractivity contribution in [1.29, 1.82) is 0 Å². The Hall–Kier alpha value is 0.310. The minimum atomic E-state index is 0.422. The highest BCUT2D eigenvalue weighted by Crippen LogP contribution is 2.39. The molecule has 0 heterocycles. The fraction of sp³-hybridized carbons (Fsp3) is 1.00. The summed E-state index contributed by atoms with van der Waals surface area (Å²) in [5.74, 6) is 1.00. The van der Waals surface area contributed by atoms with Crippen LogP contribution in [0.1, 0.15) is 71.1 Å². The lowest BCUT2D eigenvalue weighted by Gasteiger charge is -2.26. The maximum atomic E-state index is 5.87. The largest absolute Gasteiger partial charge is 0.381 e. The van der Waals surface area contributed by atoms with Crippen molar-refractivity contribution in [2.24, 2.45) is 5.41 Å². The van der Waals surface area contributed by atoms with Gasteiger partial charge in [0.05, 0.1) is 6.61 Å². The van der Waals surface area contributed by atoms with Crippen LogP contribution >= 0.6 is 12.6 Å². The Bertz CT molecular complexity index is 176. The summed E-state index contributed by atoms with van der Waals surface area (Å²) in [4.78, 5) is 0. The second-order valence-electron chi connectivity index (χ2n) is 5.69. The molecule has 0 saturated heterocycles. The predicted octanol–water partition coefficient (Wildman–Crippen LogP) is 4.85. The fourth-order valence-corrected chi connectivity index (χ4v) is 3.15. The number of thiol groups is 1. The van der Waals surface area contributed by atoms with Crippen LogP contribution in [0.5, 0.6) is 0 Å². The summed E-state index contributed by atoms with van der Waals surface area (Å²) in [5, 5.41) is 0. The first-order chi connectivity index (χ1) is 8.33. The van der Waals surface area contributed by atoms with Gasteiger partial charge in [-0.15, -0.1) is 0 Å². The summed E-state index contributed by atoms with van der Waals surface area (Å²) >= 11 is 4.50. The van der Waals surface area contributed by atoms with Gasteiger partial charge in [-0.1, -0.05) is 51.9 Å². The van der Waals surface area contributed by atoms with E-state index in [-0.39, 0.29) is 0 Å². The van der Waals surface area contributed by atoms with E-state index >= 15 is 0 Å². The molecular weight excluding hydrogens is 228 g/mol. The van der Waals surface area contributed by atoms with Crippen LogP contribution < -0.4 is 0 Å². The van der Waals surface area contributed by atoms with Gasteiger partial charge in [-0.25, -0.2) is 0 Å². The van der Waals surface area contributed by atoms with E-state index in [4.69, 9.17) is 4.74 Å². The van der Waals surface area contributed by atoms with Gasteiger partial charge in [-0.05, 0) is 25.0 Å². The van der Waals surface area contributed by atoms with E-state index in [1.54, 1.807) is 0 Å². The molecular formula is C15H30OS. The Morgan fingerprint density at radius 3 is 2.29 bits per heavy atom. The first kappa shape index (κ1) is 15.4. The van der Waals surface area contributed by atoms with Gasteiger partial charge in [0.15, 0.2) is 0 Å². The molecule has 0 aromatic heterocycles. The Morgan fingerprint density at radius 1 is 1.00 bits per heavy atom. The highest BCUT2D eigenvalue weighted by molar-refractivity contribution is 7.80. The van der Waals surface area contributed by atoms with Crippen molar-refractivity contribution >= 4 is 12.6 Å². The average molecular weight is 258 g/mol. The van der Waals surface area contributed by atoms with Crippen LogP contribution in [0.4, 0.5) is 0 Å². The van der Waals surface area contributed by atoms with Gasteiger partial charge in [0.2, 0.25) is 0 Å². The highest BCUT2D eigenvalue weighted by Gasteiger charge is 2.32. The van der Waals surface area contributed by atoms with Crippen LogP contribution in [0.15, 0.2) is 0 Å². The highest BCUT2D eigenvalue weighted by atomic mass is 32.1. The summed E-state index contributed by atoms with van der Waals surface area (Å²) in [6.07, 6.45) is 13.5. The van der Waals surface area contributed by atoms with Crippen molar-refractivity contribution in [3.8, 4) is 0 Å². The smallest absolute Gasteiger partial charge is 0.0530 e. The van der Waals surface area contributed by atoms with Crippen molar-refractivity contribution in [3.05, 3.63) is 0 Å². The quantitative estimate of drug-likeness (QED) is 0.435. The first-order valence-electron chi connectivity index (χ1n) is 7.51. The number of rotatable bonds is 10. The molecule has 0 spiro atoms. The molecule has 0 bridgehead atoms. The van der Waals surface area contributed by atoms with E-state index in [0.29, 0.717) is 5.41 Å². The molecule has 17 heavy (non-hydrogen) atoms. The van der Waals surface area contributed by atoms with Gasteiger partial charge < -0.3 is 4.74 Å². The Balaban J connectivity index is 1.92. The molecule has 1 saturated carbocycles. The van der Waals surface area contributed by atoms with E-state index in [1.807, 2.05) is 0 Å². The van der Waals surface area contributed by atoms with Crippen molar-refractivity contribution in [2.45, 2.75) is 71.1 Å². The number of hydrogen-bond acceptors (Lipinski definition) is 2. The summed E-state index contributed by atoms with van der Waals surface area (Å²) in [5.41, 5.74) is 0.422. The standard InChI is InChI=1S/C15H30OS/c1-2-3-4-5-6-9-12-16-13-15(14-17)10-7-8-11-15/h17H,2-14H2,1H3. The van der Waals surface area contributed by atoms with Gasteiger partial charge >= 0.3 is 0 Å². The van der Waals surface area contributed by atoms with Gasteiger partial charge in [0.1, 0.15) is 0 Å². The molecule has 0 radical (unpaired) electrons. The molecule has 0 N–H and O–H groups in total. The minimum Gasteiger partial charge on any atom is -0.381 e. The topological polar surface area (TPSA) is 9.23 Å². The molecule has 0 aliphatic heterocycles. The molecule has 102 valence electrons. The van der Waals surface area contributed by atoms with Crippen LogP contribution in [0.3, 0.4) is 0 Å². The van der Waals surface area contributed by atoms with E-state index in [2.05, 4.69) is 19.6 Å². The molecule has 1 aliphatic carbocycles. The second kappa shape index (κ2) is 9.27. The Kier molecular flexibility index (Phi) is 8.38. The summed E-state index contributed by atoms with van der Waals surface area (Å²) in [6, 6.07) is 0. The zero-order valence-electron chi connectivity index (χ0n) is 11.5. The molecule has 1 rings (SSSR count). The molecule has 1 aliphatic rings. The van der Waals surface area contributed by atoms with Crippen LogP contribution in [-0.4, -0.2) is 19.0 Å². The van der Waals surface area contributed by atoms with Gasteiger partial charge in [-0.2, -0.15) is 12.6 Å². The van der Waals surface area contributed by atoms with Gasteiger partial charge in [-0.3, -0.25) is 0 Å². The maximum Gasteiger partial charge on any atom is 0.0530 e. The lowest BCUT2D eigenvalue weighted by Crippen LogP contribution is -2.25. The third kappa shape index (κ3) is 6.15. The molecule has 0 atom stereocenters. The number of ether oxygens (including phenoxy) is 1. The minimum absolute atomic E-state index is 0.422. The SMILES string of the molecule is CCCCCCCCOCC1(CS)CCCC1. The van der Waals surface area contributed by atoms with Gasteiger partial charge in [0.25, 0.3) is 0 Å². The molecule has 0 unspecified atom stereocenters. The molecule has 1 nitrogen and oxygen atoms in total. The third-order valence-corrected chi connectivity index (χ3v) is 4.72. The fourth-order valence-electron chi connectivity index (χ4n) is 2.75. The van der Waals surface area contributed by atoms with E-state index in [0.717, 1.165) is 19.0 Å². The van der Waals surface area contributed by atoms with Crippen LogP contribution in [-0.2, 0) is 4.74 Å². The number of hydrogen-bond donors (Lipinski definition) is 1. The zero-order valence-corrected chi connectivity index (χ0v) is 12.4. The van der Waals surface area contributed by atoms with Gasteiger partial charge in [0, 0.05) is 12.0 Å². The third-order valence-electron chi connectivity index (χ3n) is 4.05. The van der Waals surface area contributed by atoms with Crippen molar-refractivity contribution in [1.82, 2.24) is 0 Å². The van der Waals surface area contributed by atoms with Crippen LogP contribution in [0, 0.1) is 5.41 Å². The summed E-state index contributed by atoms with van der Waals surface area (Å²) in [7, 11) is 0. The van der Waals surface area contributed by atoms with Crippen molar-refractivity contribution in [3.63, 3.8) is 0 Å². The van der Waals surface area contributed by atoms with E-state index in [1.165, 1.54) is 64.2 Å². The molecule has 2 heteroatoms. The lowest BCUT2D eigenvalue weighted by molar-refractivity contribution is 0.0567. The Labute approximate surface area is 113 Å². The lowest BCUT2D eigenvalue weighted by atomic mass is 9.90. The average Bonchev–Trinajstić information content (AvgIpc) is 2.82. The monoisotopic (exact) mass is 258 g/mol. The van der Waals surface area contributed by atoms with E-state index < -0.39 is 0 Å². The summed E-state index contributed by atoms with van der Waals surface area (Å²) in [6.45, 7) is 4.18. The maximum absolute atomic E-state index is 5.87. The normalized spacial score (nSPS) is 18.7. The van der Waals surface area contributed by atoms with Crippen LogP contribution in [0.2, 0.25) is 0 Å². The Morgan fingerprint density at radius 2 is 1.65 bits per heavy atom.